The van der Waals surface area contributed by atoms with Gasteiger partial charge < -0.3 is 14.4 Å². The molecule has 5 nitrogen and oxygen atoms in total. The van der Waals surface area contributed by atoms with Gasteiger partial charge in [0.05, 0.1) is 25.5 Å². The van der Waals surface area contributed by atoms with E-state index in [2.05, 4.69) is 0 Å². The van der Waals surface area contributed by atoms with E-state index >= 15 is 0 Å². The molecule has 0 aliphatic carbocycles. The van der Waals surface area contributed by atoms with Crippen molar-refractivity contribution in [1.29, 1.82) is 0 Å². The van der Waals surface area contributed by atoms with Crippen LogP contribution in [0.15, 0.2) is 53.9 Å². The molecule has 1 aromatic carbocycles. The fourth-order valence-corrected chi connectivity index (χ4v) is 2.16. The molecule has 1 heterocycles. The van der Waals surface area contributed by atoms with Crippen LogP contribution in [0.25, 0.3) is 0 Å². The van der Waals surface area contributed by atoms with E-state index in [0.717, 1.165) is 5.56 Å². The summed E-state index contributed by atoms with van der Waals surface area (Å²) in [6, 6.07) is 4.57. The third kappa shape index (κ3) is 3.31. The highest BCUT2D eigenvalue weighted by Gasteiger charge is 2.28. The van der Waals surface area contributed by atoms with E-state index in [0.29, 0.717) is 0 Å². The molecule has 1 aromatic rings. The van der Waals surface area contributed by atoms with Gasteiger partial charge in [-0.25, -0.2) is 14.0 Å². The molecule has 0 atom stereocenters. The van der Waals surface area contributed by atoms with Crippen molar-refractivity contribution in [2.24, 2.45) is 0 Å². The van der Waals surface area contributed by atoms with Crippen LogP contribution in [0, 0.1) is 12.7 Å². The average molecular weight is 317 g/mol. The number of hydrogen-bond acceptors (Lipinski definition) is 5. The Balaban J connectivity index is 2.68. The van der Waals surface area contributed by atoms with Gasteiger partial charge in [-0.2, -0.15) is 0 Å². The monoisotopic (exact) mass is 317 g/mol. The Kier molecular flexibility index (Phi) is 4.95. The zero-order valence-electron chi connectivity index (χ0n) is 13.0. The zero-order valence-corrected chi connectivity index (χ0v) is 13.0. The van der Waals surface area contributed by atoms with Crippen molar-refractivity contribution >= 4 is 17.6 Å². The number of hydrogen-bond donors (Lipinski definition) is 0. The summed E-state index contributed by atoms with van der Waals surface area (Å²) in [5, 5.41) is 0. The van der Waals surface area contributed by atoms with Crippen molar-refractivity contribution in [2.45, 2.75) is 6.92 Å². The number of carbonyl (C=O) groups is 2. The molecule has 120 valence electrons. The molecule has 0 bridgehead atoms. The van der Waals surface area contributed by atoms with Crippen LogP contribution in [0.2, 0.25) is 0 Å². The lowest BCUT2D eigenvalue weighted by atomic mass is 10.1. The van der Waals surface area contributed by atoms with Crippen molar-refractivity contribution < 1.29 is 23.5 Å². The number of allylic oxidation sites excluding steroid dienone is 2. The van der Waals surface area contributed by atoms with Gasteiger partial charge in [-0.05, 0) is 36.8 Å². The second-order valence-electron chi connectivity index (χ2n) is 4.77. The van der Waals surface area contributed by atoms with Crippen LogP contribution < -0.4 is 4.90 Å². The number of methoxy groups -OCH3 is 2. The normalized spacial score (nSPS) is 13.8. The molecule has 23 heavy (non-hydrogen) atoms. The van der Waals surface area contributed by atoms with E-state index in [1.165, 1.54) is 43.5 Å². The molecular weight excluding hydrogens is 301 g/mol. The van der Waals surface area contributed by atoms with Crippen LogP contribution in [-0.4, -0.2) is 26.2 Å². The fraction of sp³-hybridized carbons (Fsp3) is 0.176. The van der Waals surface area contributed by atoms with Crippen molar-refractivity contribution in [3.8, 4) is 0 Å². The van der Waals surface area contributed by atoms with Gasteiger partial charge in [0.25, 0.3) is 0 Å². The molecule has 2 rings (SSSR count). The van der Waals surface area contributed by atoms with Gasteiger partial charge in [0.15, 0.2) is 0 Å². The molecule has 6 heteroatoms. The number of anilines is 1. The summed E-state index contributed by atoms with van der Waals surface area (Å²) in [6.07, 6.45) is 6.03. The topological polar surface area (TPSA) is 55.8 Å². The van der Waals surface area contributed by atoms with Crippen molar-refractivity contribution in [2.75, 3.05) is 19.1 Å². The number of rotatable bonds is 3. The van der Waals surface area contributed by atoms with Crippen molar-refractivity contribution in [3.05, 3.63) is 65.3 Å². The molecule has 0 fully saturated rings. The summed E-state index contributed by atoms with van der Waals surface area (Å²) in [5.74, 6) is -2.02. The van der Waals surface area contributed by atoms with Gasteiger partial charge in [0.1, 0.15) is 11.5 Å². The molecule has 0 amide bonds. The fourth-order valence-electron chi connectivity index (χ4n) is 2.16. The lowest BCUT2D eigenvalue weighted by molar-refractivity contribution is -0.139. The summed E-state index contributed by atoms with van der Waals surface area (Å²) in [6.45, 7) is 1.75. The highest BCUT2D eigenvalue weighted by molar-refractivity contribution is 6.05. The van der Waals surface area contributed by atoms with Gasteiger partial charge in [-0.15, -0.1) is 0 Å². The minimum absolute atomic E-state index is 0.0238. The number of esters is 2. The van der Waals surface area contributed by atoms with Crippen LogP contribution in [-0.2, 0) is 19.1 Å². The van der Waals surface area contributed by atoms with Crippen molar-refractivity contribution in [1.82, 2.24) is 0 Å². The summed E-state index contributed by atoms with van der Waals surface area (Å²) in [7, 11) is 2.39. The second kappa shape index (κ2) is 6.91. The van der Waals surface area contributed by atoms with Gasteiger partial charge in [-0.1, -0.05) is 12.1 Å². The molecular formula is C17H16FNO4. The van der Waals surface area contributed by atoms with Gasteiger partial charge in [0.2, 0.25) is 0 Å². The minimum atomic E-state index is -0.776. The standard InChI is InChI=1S/C17H16FNO4/c1-11-7-8-14(13(18)10-11)19-9-5-4-6-12(16(20)22-2)15(19)17(21)23-3/h4-10H,1-3H3. The lowest BCUT2D eigenvalue weighted by Crippen LogP contribution is -2.27. The van der Waals surface area contributed by atoms with E-state index in [9.17, 15) is 14.0 Å². The van der Waals surface area contributed by atoms with E-state index in [4.69, 9.17) is 9.47 Å². The Morgan fingerprint density at radius 1 is 1.09 bits per heavy atom. The van der Waals surface area contributed by atoms with Crippen LogP contribution >= 0.6 is 0 Å². The SMILES string of the molecule is COC(=O)C1=C(C(=O)OC)N(c2ccc(C)cc2F)C=CC=C1. The Morgan fingerprint density at radius 2 is 1.78 bits per heavy atom. The van der Waals surface area contributed by atoms with Gasteiger partial charge in [0, 0.05) is 6.20 Å². The summed E-state index contributed by atoms with van der Waals surface area (Å²) < 4.78 is 23.8. The summed E-state index contributed by atoms with van der Waals surface area (Å²) in [4.78, 5) is 25.4. The number of nitrogens with zero attached hydrogens (tertiary/aromatic N) is 1. The average Bonchev–Trinajstić information content (AvgIpc) is 2.76. The lowest BCUT2D eigenvalue weighted by Gasteiger charge is -2.23. The molecule has 0 saturated heterocycles. The first-order valence-corrected chi connectivity index (χ1v) is 6.80. The Labute approximate surface area is 133 Å². The van der Waals surface area contributed by atoms with Gasteiger partial charge in [-0.3, -0.25) is 0 Å². The molecule has 1 aliphatic rings. The van der Waals surface area contributed by atoms with E-state index in [-0.39, 0.29) is 17.0 Å². The molecule has 0 unspecified atom stereocenters. The van der Waals surface area contributed by atoms with Gasteiger partial charge >= 0.3 is 11.9 Å². The van der Waals surface area contributed by atoms with E-state index in [1.54, 1.807) is 25.1 Å². The number of ether oxygens (including phenoxy) is 2. The zero-order chi connectivity index (χ0) is 17.0. The number of benzene rings is 1. The number of carbonyl (C=O) groups excluding carboxylic acids is 2. The first-order valence-electron chi connectivity index (χ1n) is 6.80. The van der Waals surface area contributed by atoms with E-state index in [1.807, 2.05) is 0 Å². The minimum Gasteiger partial charge on any atom is -0.465 e. The van der Waals surface area contributed by atoms with E-state index < -0.39 is 17.8 Å². The second-order valence-corrected chi connectivity index (χ2v) is 4.77. The number of aryl methyl sites for hydroxylation is 1. The molecule has 0 spiro atoms. The smallest absolute Gasteiger partial charge is 0.355 e. The van der Waals surface area contributed by atoms with Crippen LogP contribution in [0.3, 0.4) is 0 Å². The van der Waals surface area contributed by atoms with Crippen molar-refractivity contribution in [3.63, 3.8) is 0 Å². The largest absolute Gasteiger partial charge is 0.465 e. The molecule has 1 aliphatic heterocycles. The maximum absolute atomic E-state index is 14.3. The first-order chi connectivity index (χ1) is 11.0. The molecule has 0 radical (unpaired) electrons. The summed E-state index contributed by atoms with van der Waals surface area (Å²) >= 11 is 0. The Bertz CT molecular complexity index is 734. The third-order valence-corrected chi connectivity index (χ3v) is 3.25. The number of halogens is 1. The van der Waals surface area contributed by atoms with Crippen LogP contribution in [0.5, 0.6) is 0 Å². The quantitative estimate of drug-likeness (QED) is 0.802. The molecule has 0 aromatic heterocycles. The highest BCUT2D eigenvalue weighted by Crippen LogP contribution is 2.28. The summed E-state index contributed by atoms with van der Waals surface area (Å²) in [5.41, 5.74) is 0.716. The van der Waals surface area contributed by atoms with Crippen LogP contribution in [0.1, 0.15) is 5.56 Å². The first kappa shape index (κ1) is 16.5. The Morgan fingerprint density at radius 3 is 2.39 bits per heavy atom. The maximum atomic E-state index is 14.3. The highest BCUT2D eigenvalue weighted by atomic mass is 19.1. The van der Waals surface area contributed by atoms with Crippen LogP contribution in [0.4, 0.5) is 10.1 Å². The molecule has 0 saturated carbocycles. The predicted molar refractivity (Wildman–Crippen MR) is 83.0 cm³/mol. The third-order valence-electron chi connectivity index (χ3n) is 3.25. The maximum Gasteiger partial charge on any atom is 0.355 e. The Hall–Kier alpha value is -2.89. The predicted octanol–water partition coefficient (Wildman–Crippen LogP) is 2.62. The molecule has 0 N–H and O–H groups in total.